The Morgan fingerprint density at radius 1 is 0.893 bits per heavy atom. The van der Waals surface area contributed by atoms with E-state index < -0.39 is 117 Å². The van der Waals surface area contributed by atoms with Gasteiger partial charge in [-0.05, 0) is 49.1 Å². The topological polar surface area (TPSA) is 242 Å². The van der Waals surface area contributed by atoms with Gasteiger partial charge in [0.2, 0.25) is 5.91 Å². The third-order valence-corrected chi connectivity index (χ3v) is 10.3. The first-order valence-corrected chi connectivity index (χ1v) is 17.4. The summed E-state index contributed by atoms with van der Waals surface area (Å²) in [4.78, 5) is 68.9. The summed E-state index contributed by atoms with van der Waals surface area (Å²) in [6.07, 6.45) is 0.174. The maximum absolute atomic E-state index is 14.7. The number of hydrogen-bond donors (Lipinski definition) is 8. The Hall–Kier alpha value is -5.80. The molecule has 2 saturated heterocycles. The lowest BCUT2D eigenvalue weighted by Crippen LogP contribution is -2.56. The number of aromatic carboxylic acids is 1. The number of piperidine rings is 1. The average Bonchev–Trinajstić information content (AvgIpc) is 3.55. The van der Waals surface area contributed by atoms with E-state index in [9.17, 15) is 62.6 Å². The number of urea groups is 3. The second kappa shape index (κ2) is 15.7. The number of nitrogens with zero attached hydrogens (tertiary/aromatic N) is 3. The Bertz CT molecular complexity index is 2150. The van der Waals surface area contributed by atoms with Gasteiger partial charge in [-0.3, -0.25) is 4.79 Å². The molecule has 0 radical (unpaired) electrons. The quantitative estimate of drug-likeness (QED) is 0.127. The molecule has 0 aliphatic carbocycles. The highest BCUT2D eigenvalue weighted by Gasteiger charge is 2.43. The van der Waals surface area contributed by atoms with Crippen molar-refractivity contribution >= 4 is 66.0 Å². The smallest absolute Gasteiger partial charge is 0.534 e. The number of aromatic hydroxyl groups is 3. The maximum atomic E-state index is 14.7. The van der Waals surface area contributed by atoms with Crippen molar-refractivity contribution in [3.05, 3.63) is 74.5 Å². The number of imide groups is 1. The van der Waals surface area contributed by atoms with Gasteiger partial charge in [-0.25, -0.2) is 37.2 Å². The Kier molecular flexibility index (Phi) is 11.2. The summed E-state index contributed by atoms with van der Waals surface area (Å²) >= 11 is 12.1. The molecule has 17 nitrogen and oxygen atoms in total. The fourth-order valence-electron chi connectivity index (χ4n) is 6.65. The number of halogens is 5. The maximum Gasteiger partial charge on any atom is 0.547 e. The van der Waals surface area contributed by atoms with E-state index >= 15 is 0 Å². The van der Waals surface area contributed by atoms with Crippen molar-refractivity contribution in [2.24, 2.45) is 0 Å². The fraction of sp³-hybridized carbons (Fsp3) is 0.303. The third kappa shape index (κ3) is 7.56. The fourth-order valence-corrected chi connectivity index (χ4v) is 7.10. The average molecular weight is 825 g/mol. The minimum absolute atomic E-state index is 0.0312. The molecule has 2 atom stereocenters. The summed E-state index contributed by atoms with van der Waals surface area (Å²) in [7, 11) is -1.96. The lowest BCUT2D eigenvalue weighted by molar-refractivity contribution is -0.123. The first kappa shape index (κ1) is 39.9. The van der Waals surface area contributed by atoms with Gasteiger partial charge in [0, 0.05) is 37.8 Å². The Morgan fingerprint density at radius 2 is 1.57 bits per heavy atom. The number of carbonyl (C=O) groups excluding carboxylic acids is 4. The molecule has 3 aromatic rings. The van der Waals surface area contributed by atoms with E-state index in [1.165, 1.54) is 15.9 Å². The zero-order valence-electron chi connectivity index (χ0n) is 28.6. The molecule has 0 saturated carbocycles. The molecule has 56 heavy (non-hydrogen) atoms. The minimum atomic E-state index is -2.00. The van der Waals surface area contributed by atoms with Crippen LogP contribution in [-0.2, 0) is 11.2 Å². The standard InChI is InChI=1S/C33H30BCl2F3N6O11/c35-22-15(12-18(39)26(47)27(22)48)24(29(49)40-20-11-13-1-2-16(37)21(30(50)51)28(13)56-34(20)55)41-32(53)45-10-9-44(33(45)54)14-5-7-43(8-6-14)31(52)42-25-17(38)3-4-19(46)23(25)36/h1-4,12,14,20,24,46-48,55H,5-11H2,(H,40,49)(H,41,53)(H,42,52)(H,50,51). The summed E-state index contributed by atoms with van der Waals surface area (Å²) in [6.45, 7) is 0.0552. The van der Waals surface area contributed by atoms with Crippen molar-refractivity contribution in [2.45, 2.75) is 37.3 Å². The van der Waals surface area contributed by atoms with Crippen molar-refractivity contribution < 1.29 is 67.2 Å². The lowest BCUT2D eigenvalue weighted by Gasteiger charge is -2.36. The largest absolute Gasteiger partial charge is 0.547 e. The Labute approximate surface area is 324 Å². The number of benzene rings is 3. The van der Waals surface area contributed by atoms with Crippen molar-refractivity contribution in [2.75, 3.05) is 31.5 Å². The summed E-state index contributed by atoms with van der Waals surface area (Å²) in [5.41, 5.74) is -1.76. The van der Waals surface area contributed by atoms with E-state index in [4.69, 9.17) is 27.9 Å². The van der Waals surface area contributed by atoms with Crippen LogP contribution in [0.3, 0.4) is 0 Å². The monoisotopic (exact) mass is 824 g/mol. The molecule has 0 aromatic heterocycles. The van der Waals surface area contributed by atoms with Gasteiger partial charge in [0.1, 0.15) is 45.4 Å². The molecule has 7 amide bonds. The molecular weight excluding hydrogens is 795 g/mol. The summed E-state index contributed by atoms with van der Waals surface area (Å²) in [6, 6.07) is -0.608. The van der Waals surface area contributed by atoms with Crippen LogP contribution in [0.1, 0.15) is 40.4 Å². The van der Waals surface area contributed by atoms with Crippen molar-refractivity contribution in [1.82, 2.24) is 25.3 Å². The number of anilines is 1. The normalized spacial score (nSPS) is 17.6. The number of amides is 7. The van der Waals surface area contributed by atoms with Gasteiger partial charge in [-0.1, -0.05) is 29.3 Å². The van der Waals surface area contributed by atoms with Crippen LogP contribution >= 0.6 is 23.2 Å². The molecule has 8 N–H and O–H groups in total. The highest BCUT2D eigenvalue weighted by atomic mass is 35.5. The van der Waals surface area contributed by atoms with Crippen LogP contribution in [0.15, 0.2) is 30.3 Å². The van der Waals surface area contributed by atoms with E-state index in [2.05, 4.69) is 16.0 Å². The van der Waals surface area contributed by atoms with Crippen LogP contribution in [-0.4, -0.2) is 115 Å². The second-order valence-corrected chi connectivity index (χ2v) is 13.7. The molecule has 0 spiro atoms. The number of carboxylic acids is 1. The number of carbonyl (C=O) groups is 5. The van der Waals surface area contributed by atoms with Crippen molar-refractivity contribution in [3.63, 3.8) is 0 Å². The van der Waals surface area contributed by atoms with E-state index in [1.54, 1.807) is 0 Å². The molecule has 3 aliphatic rings. The summed E-state index contributed by atoms with van der Waals surface area (Å²) in [5.74, 6) is -11.1. The summed E-state index contributed by atoms with van der Waals surface area (Å²) < 4.78 is 48.4. The SMILES string of the molecule is O=C(O)c1c(F)ccc2c1OB(O)C(NC(=O)C(NC(=O)N1CCN(C3CCN(C(=O)Nc4c(F)ccc(O)c4Cl)CC3)C1=O)c1cc(F)c(O)c(O)c1Cl)C2. The lowest BCUT2D eigenvalue weighted by atomic mass is 9.72. The van der Waals surface area contributed by atoms with Crippen LogP contribution in [0.5, 0.6) is 23.0 Å². The van der Waals surface area contributed by atoms with Gasteiger partial charge in [0.15, 0.2) is 17.3 Å². The van der Waals surface area contributed by atoms with E-state index in [0.29, 0.717) is 6.07 Å². The Morgan fingerprint density at radius 3 is 2.25 bits per heavy atom. The first-order valence-electron chi connectivity index (χ1n) is 16.7. The third-order valence-electron chi connectivity index (χ3n) is 9.57. The van der Waals surface area contributed by atoms with E-state index in [1.807, 2.05) is 0 Å². The van der Waals surface area contributed by atoms with Gasteiger partial charge < -0.3 is 55.9 Å². The highest BCUT2D eigenvalue weighted by Crippen LogP contribution is 2.41. The number of rotatable bonds is 7. The predicted molar refractivity (Wildman–Crippen MR) is 189 cm³/mol. The van der Waals surface area contributed by atoms with Gasteiger partial charge in [0.05, 0.1) is 11.0 Å². The van der Waals surface area contributed by atoms with Crippen LogP contribution in [0.25, 0.3) is 0 Å². The van der Waals surface area contributed by atoms with Gasteiger partial charge in [0.25, 0.3) is 0 Å². The van der Waals surface area contributed by atoms with Crippen molar-refractivity contribution in [3.8, 4) is 23.0 Å². The van der Waals surface area contributed by atoms with E-state index in [0.717, 1.165) is 23.1 Å². The zero-order chi connectivity index (χ0) is 40.7. The summed E-state index contributed by atoms with van der Waals surface area (Å²) in [5, 5.41) is 55.8. The second-order valence-electron chi connectivity index (χ2n) is 12.9. The first-order chi connectivity index (χ1) is 26.5. The number of carboxylic acid groups (broad SMARTS) is 1. The molecule has 2 unspecified atom stereocenters. The molecule has 3 aromatic carbocycles. The Balaban J connectivity index is 1.15. The van der Waals surface area contributed by atoms with Gasteiger partial charge in [-0.15, -0.1) is 0 Å². The van der Waals surface area contributed by atoms with Crippen LogP contribution in [0, 0.1) is 17.5 Å². The zero-order valence-corrected chi connectivity index (χ0v) is 30.1. The number of hydrogen-bond acceptors (Lipinski definition) is 10. The molecule has 3 heterocycles. The number of fused-ring (bicyclic) bond motifs is 1. The van der Waals surface area contributed by atoms with Gasteiger partial charge >= 0.3 is 31.2 Å². The predicted octanol–water partition coefficient (Wildman–Crippen LogP) is 3.55. The molecule has 6 rings (SSSR count). The molecule has 2 fully saturated rings. The van der Waals surface area contributed by atoms with Gasteiger partial charge in [-0.2, -0.15) is 0 Å². The molecule has 296 valence electrons. The number of likely N-dealkylation sites (tertiary alicyclic amines) is 1. The molecular formula is C33H30BCl2F3N6O11. The molecule has 0 bridgehead atoms. The van der Waals surface area contributed by atoms with Crippen LogP contribution < -0.4 is 20.6 Å². The van der Waals surface area contributed by atoms with Crippen molar-refractivity contribution in [1.29, 1.82) is 0 Å². The van der Waals surface area contributed by atoms with E-state index in [-0.39, 0.29) is 56.0 Å². The number of phenolic OH excluding ortho intramolecular Hbond substituents is 3. The van der Waals surface area contributed by atoms with Crippen LogP contribution in [0.2, 0.25) is 10.0 Å². The van der Waals surface area contributed by atoms with Crippen LogP contribution in [0.4, 0.5) is 33.2 Å². The number of phenols is 3. The molecule has 23 heteroatoms. The molecule has 3 aliphatic heterocycles. The number of nitrogens with one attached hydrogen (secondary N) is 3. The highest BCUT2D eigenvalue weighted by molar-refractivity contribution is 6.47. The minimum Gasteiger partial charge on any atom is -0.534 e.